The maximum absolute atomic E-state index is 11.8. The second-order valence-corrected chi connectivity index (χ2v) is 5.35. The summed E-state index contributed by atoms with van der Waals surface area (Å²) in [5.41, 5.74) is 1.06. The van der Waals surface area contributed by atoms with Crippen molar-refractivity contribution >= 4 is 5.91 Å². The van der Waals surface area contributed by atoms with Gasteiger partial charge >= 0.3 is 0 Å². The monoisotopic (exact) mass is 260 g/mol. The molecule has 2 fully saturated rings. The van der Waals surface area contributed by atoms with Crippen molar-refractivity contribution in [2.75, 3.05) is 13.1 Å². The second kappa shape index (κ2) is 5.61. The molecule has 1 saturated carbocycles. The zero-order valence-electron chi connectivity index (χ0n) is 11.0. The Morgan fingerprint density at radius 2 is 2.11 bits per heavy atom. The van der Waals surface area contributed by atoms with Gasteiger partial charge in [-0.25, -0.2) is 0 Å². The third kappa shape index (κ3) is 2.89. The summed E-state index contributed by atoms with van der Waals surface area (Å²) in [6.45, 7) is 2.15. The van der Waals surface area contributed by atoms with Crippen molar-refractivity contribution in [1.29, 1.82) is 0 Å². The zero-order valence-corrected chi connectivity index (χ0v) is 11.0. The van der Waals surface area contributed by atoms with Gasteiger partial charge in [0.25, 0.3) is 0 Å². The van der Waals surface area contributed by atoms with Gasteiger partial charge in [-0.05, 0) is 25.3 Å². The molecule has 19 heavy (non-hydrogen) atoms. The zero-order chi connectivity index (χ0) is 13.1. The lowest BCUT2D eigenvalue weighted by atomic mass is 9.96. The van der Waals surface area contributed by atoms with E-state index in [2.05, 4.69) is 10.6 Å². The van der Waals surface area contributed by atoms with Crippen LogP contribution in [0.1, 0.15) is 24.8 Å². The molecule has 0 unspecified atom stereocenters. The number of hydrogen-bond donors (Lipinski definition) is 2. The number of amides is 1. The summed E-state index contributed by atoms with van der Waals surface area (Å²) in [5.74, 6) is 1.19. The van der Waals surface area contributed by atoms with Crippen molar-refractivity contribution in [2.45, 2.75) is 31.9 Å². The molecule has 0 atom stereocenters. The fourth-order valence-corrected chi connectivity index (χ4v) is 2.23. The SMILES string of the molecule is O=C(NCc1ccccc1OC1CCC1)C1CNC1. The molecule has 1 aromatic carbocycles. The molecule has 4 heteroatoms. The molecule has 1 aliphatic heterocycles. The van der Waals surface area contributed by atoms with Gasteiger partial charge in [0.15, 0.2) is 0 Å². The predicted octanol–water partition coefficient (Wildman–Crippen LogP) is 1.45. The third-order valence-electron chi connectivity index (χ3n) is 3.92. The van der Waals surface area contributed by atoms with Gasteiger partial charge in [-0.3, -0.25) is 4.79 Å². The Bertz CT molecular complexity index is 453. The standard InChI is InChI=1S/C15H20N2O2/c18-15(12-8-16-9-12)17-10-11-4-1-2-7-14(11)19-13-5-3-6-13/h1-2,4,7,12-13,16H,3,5-6,8-10H2,(H,17,18). The van der Waals surface area contributed by atoms with Crippen LogP contribution in [0, 0.1) is 5.92 Å². The van der Waals surface area contributed by atoms with Crippen LogP contribution in [0.25, 0.3) is 0 Å². The van der Waals surface area contributed by atoms with Crippen LogP contribution in [0.2, 0.25) is 0 Å². The van der Waals surface area contributed by atoms with Crippen LogP contribution >= 0.6 is 0 Å². The van der Waals surface area contributed by atoms with Gasteiger partial charge in [0.2, 0.25) is 5.91 Å². The molecule has 1 aromatic rings. The number of nitrogens with one attached hydrogen (secondary N) is 2. The van der Waals surface area contributed by atoms with Crippen LogP contribution in [0.15, 0.2) is 24.3 Å². The number of carbonyl (C=O) groups is 1. The highest BCUT2D eigenvalue weighted by Crippen LogP contribution is 2.27. The van der Waals surface area contributed by atoms with E-state index in [1.807, 2.05) is 24.3 Å². The van der Waals surface area contributed by atoms with E-state index in [0.29, 0.717) is 12.6 Å². The lowest BCUT2D eigenvalue weighted by molar-refractivity contribution is -0.126. The highest BCUT2D eigenvalue weighted by atomic mass is 16.5. The lowest BCUT2D eigenvalue weighted by Crippen LogP contribution is -2.50. The Morgan fingerprint density at radius 3 is 2.74 bits per heavy atom. The molecule has 0 bridgehead atoms. The summed E-state index contributed by atoms with van der Waals surface area (Å²) in [6, 6.07) is 7.98. The van der Waals surface area contributed by atoms with E-state index in [1.54, 1.807) is 0 Å². The van der Waals surface area contributed by atoms with Crippen molar-refractivity contribution in [1.82, 2.24) is 10.6 Å². The molecule has 102 valence electrons. The van der Waals surface area contributed by atoms with Crippen LogP contribution in [0.3, 0.4) is 0 Å². The van der Waals surface area contributed by atoms with E-state index in [0.717, 1.165) is 37.2 Å². The number of benzene rings is 1. The summed E-state index contributed by atoms with van der Waals surface area (Å²) >= 11 is 0. The molecule has 3 rings (SSSR count). The van der Waals surface area contributed by atoms with Gasteiger partial charge in [-0.1, -0.05) is 18.2 Å². The van der Waals surface area contributed by atoms with E-state index in [9.17, 15) is 4.79 Å². The van der Waals surface area contributed by atoms with E-state index in [1.165, 1.54) is 6.42 Å². The molecule has 2 aliphatic rings. The Kier molecular flexibility index (Phi) is 3.69. The maximum Gasteiger partial charge on any atom is 0.225 e. The van der Waals surface area contributed by atoms with Gasteiger partial charge in [-0.2, -0.15) is 0 Å². The fraction of sp³-hybridized carbons (Fsp3) is 0.533. The molecular weight excluding hydrogens is 240 g/mol. The number of rotatable bonds is 5. The summed E-state index contributed by atoms with van der Waals surface area (Å²) < 4.78 is 5.95. The minimum Gasteiger partial charge on any atom is -0.490 e. The first kappa shape index (κ1) is 12.5. The Morgan fingerprint density at radius 1 is 1.32 bits per heavy atom. The Hall–Kier alpha value is -1.55. The average Bonchev–Trinajstić information content (AvgIpc) is 2.30. The van der Waals surface area contributed by atoms with Gasteiger partial charge in [0.1, 0.15) is 5.75 Å². The topological polar surface area (TPSA) is 50.4 Å². The van der Waals surface area contributed by atoms with Crippen molar-refractivity contribution in [2.24, 2.45) is 5.92 Å². The largest absolute Gasteiger partial charge is 0.490 e. The third-order valence-corrected chi connectivity index (χ3v) is 3.92. The van der Waals surface area contributed by atoms with Crippen LogP contribution in [-0.4, -0.2) is 25.1 Å². The van der Waals surface area contributed by atoms with Gasteiger partial charge in [0.05, 0.1) is 12.0 Å². The van der Waals surface area contributed by atoms with Crippen LogP contribution in [0.5, 0.6) is 5.75 Å². The number of carbonyl (C=O) groups excluding carboxylic acids is 1. The van der Waals surface area contributed by atoms with Gasteiger partial charge in [0, 0.05) is 25.2 Å². The first-order valence-electron chi connectivity index (χ1n) is 7.06. The summed E-state index contributed by atoms with van der Waals surface area (Å²) in [5, 5.41) is 6.10. The van der Waals surface area contributed by atoms with Crippen LogP contribution in [0.4, 0.5) is 0 Å². The van der Waals surface area contributed by atoms with Gasteiger partial charge in [-0.15, -0.1) is 0 Å². The van der Waals surface area contributed by atoms with Crippen LogP contribution in [-0.2, 0) is 11.3 Å². The second-order valence-electron chi connectivity index (χ2n) is 5.35. The summed E-state index contributed by atoms with van der Waals surface area (Å²) in [7, 11) is 0. The molecule has 1 aliphatic carbocycles. The fourth-order valence-electron chi connectivity index (χ4n) is 2.23. The lowest BCUT2D eigenvalue weighted by Gasteiger charge is -2.28. The van der Waals surface area contributed by atoms with E-state index < -0.39 is 0 Å². The smallest absolute Gasteiger partial charge is 0.225 e. The average molecular weight is 260 g/mol. The molecule has 0 aromatic heterocycles. The number of ether oxygens (including phenoxy) is 1. The molecule has 2 N–H and O–H groups in total. The number of hydrogen-bond acceptors (Lipinski definition) is 3. The summed E-state index contributed by atoms with van der Waals surface area (Å²) in [4.78, 5) is 11.8. The van der Waals surface area contributed by atoms with Crippen molar-refractivity contribution in [3.8, 4) is 5.75 Å². The van der Waals surface area contributed by atoms with E-state index >= 15 is 0 Å². The molecule has 1 amide bonds. The molecule has 4 nitrogen and oxygen atoms in total. The minimum atomic E-state index is 0.136. The van der Waals surface area contributed by atoms with Crippen molar-refractivity contribution in [3.05, 3.63) is 29.8 Å². The predicted molar refractivity (Wildman–Crippen MR) is 72.9 cm³/mol. The molecule has 0 spiro atoms. The minimum absolute atomic E-state index is 0.136. The first-order valence-corrected chi connectivity index (χ1v) is 7.06. The highest BCUT2D eigenvalue weighted by molar-refractivity contribution is 5.80. The normalized spacial score (nSPS) is 19.4. The molecule has 1 saturated heterocycles. The molecular formula is C15H20N2O2. The van der Waals surface area contributed by atoms with E-state index in [4.69, 9.17) is 4.74 Å². The number of para-hydroxylation sites is 1. The maximum atomic E-state index is 11.8. The first-order chi connectivity index (χ1) is 9.33. The molecule has 1 heterocycles. The van der Waals surface area contributed by atoms with Crippen molar-refractivity contribution < 1.29 is 9.53 Å². The quantitative estimate of drug-likeness (QED) is 0.842. The van der Waals surface area contributed by atoms with Gasteiger partial charge < -0.3 is 15.4 Å². The highest BCUT2D eigenvalue weighted by Gasteiger charge is 2.25. The summed E-state index contributed by atoms with van der Waals surface area (Å²) in [6.07, 6.45) is 3.92. The Labute approximate surface area is 113 Å². The van der Waals surface area contributed by atoms with Crippen LogP contribution < -0.4 is 15.4 Å². The van der Waals surface area contributed by atoms with Crippen molar-refractivity contribution in [3.63, 3.8) is 0 Å². The van der Waals surface area contributed by atoms with E-state index in [-0.39, 0.29) is 11.8 Å². The molecule has 0 radical (unpaired) electrons. The Balaban J connectivity index is 1.57.